The van der Waals surface area contributed by atoms with Crippen molar-refractivity contribution in [2.24, 2.45) is 11.8 Å². The lowest BCUT2D eigenvalue weighted by atomic mass is 9.67. The fourth-order valence-corrected chi connectivity index (χ4v) is 4.19. The van der Waals surface area contributed by atoms with E-state index in [0.717, 1.165) is 25.9 Å². The average molecular weight is 356 g/mol. The van der Waals surface area contributed by atoms with E-state index in [4.69, 9.17) is 21.1 Å². The first kappa shape index (κ1) is 17.9. The van der Waals surface area contributed by atoms with Crippen LogP contribution in [-0.4, -0.2) is 41.6 Å². The number of alkyl halides is 1. The summed E-state index contributed by atoms with van der Waals surface area (Å²) in [5, 5.41) is 2.39. The molecule has 0 unspecified atom stereocenters. The Morgan fingerprint density at radius 2 is 2.08 bits per heavy atom. The molecule has 24 heavy (non-hydrogen) atoms. The maximum absolute atomic E-state index is 12.3. The highest BCUT2D eigenvalue weighted by Crippen LogP contribution is 2.59. The third kappa shape index (κ3) is 3.39. The molecule has 3 fully saturated rings. The minimum absolute atomic E-state index is 0.123. The number of nitrogens with one attached hydrogen (secondary N) is 1. The van der Waals surface area contributed by atoms with Gasteiger partial charge < -0.3 is 9.47 Å². The average Bonchev–Trinajstić information content (AvgIpc) is 3.44. The summed E-state index contributed by atoms with van der Waals surface area (Å²) in [5.74, 6) is -0.832. The first-order valence-electron chi connectivity index (χ1n) is 8.65. The van der Waals surface area contributed by atoms with E-state index >= 15 is 0 Å². The van der Waals surface area contributed by atoms with Gasteiger partial charge in [-0.1, -0.05) is 11.6 Å². The van der Waals surface area contributed by atoms with Gasteiger partial charge in [-0.3, -0.25) is 14.9 Å². The molecule has 5 nitrogen and oxygen atoms in total. The Morgan fingerprint density at radius 3 is 2.67 bits per heavy atom. The van der Waals surface area contributed by atoms with E-state index in [1.807, 2.05) is 0 Å². The molecule has 0 aromatic carbocycles. The number of hydrogen-bond acceptors (Lipinski definition) is 4. The van der Waals surface area contributed by atoms with Crippen molar-refractivity contribution in [3.63, 3.8) is 0 Å². The molecule has 3 aliphatic rings. The SMILES string of the molecule is CC(C)=CC[C@H]1O[C@]1(C)[C@H]1C[C@H](C(=O)NC(=O)CCl)CC[C@]12CO2. The number of ether oxygens (including phenoxy) is 2. The minimum atomic E-state index is -0.434. The quantitative estimate of drug-likeness (QED) is 0.467. The monoisotopic (exact) mass is 355 g/mol. The molecule has 1 spiro atoms. The molecule has 1 aliphatic carbocycles. The molecule has 0 aromatic rings. The van der Waals surface area contributed by atoms with Gasteiger partial charge in [-0.25, -0.2) is 0 Å². The topological polar surface area (TPSA) is 71.2 Å². The van der Waals surface area contributed by atoms with Crippen molar-refractivity contribution in [1.29, 1.82) is 0 Å². The van der Waals surface area contributed by atoms with Crippen molar-refractivity contribution in [3.05, 3.63) is 11.6 Å². The summed E-state index contributed by atoms with van der Waals surface area (Å²) in [6.45, 7) is 7.05. The zero-order chi connectivity index (χ0) is 17.5. The second-order valence-corrected chi connectivity index (χ2v) is 8.00. The van der Waals surface area contributed by atoms with E-state index < -0.39 is 5.91 Å². The van der Waals surface area contributed by atoms with Crippen LogP contribution in [0, 0.1) is 11.8 Å². The maximum atomic E-state index is 12.3. The molecule has 2 aliphatic heterocycles. The fourth-order valence-electron chi connectivity index (χ4n) is 4.12. The van der Waals surface area contributed by atoms with Gasteiger partial charge in [0.25, 0.3) is 0 Å². The third-order valence-electron chi connectivity index (χ3n) is 5.75. The minimum Gasteiger partial charge on any atom is -0.369 e. The van der Waals surface area contributed by atoms with Crippen LogP contribution in [0.3, 0.4) is 0 Å². The number of imide groups is 1. The summed E-state index contributed by atoms with van der Waals surface area (Å²) in [6.07, 6.45) is 5.56. The molecule has 0 bridgehead atoms. The highest BCUT2D eigenvalue weighted by Gasteiger charge is 2.68. The predicted molar refractivity (Wildman–Crippen MR) is 90.7 cm³/mol. The lowest BCUT2D eigenvalue weighted by Gasteiger charge is -2.36. The standard InChI is InChI=1S/C18H26ClNO4/c1-11(2)4-5-14-17(3,24-14)13-8-12(6-7-18(13)10-23-18)16(22)20-15(21)9-19/h4,12-14H,5-10H2,1-3H3,(H,20,21,22)/t12-,13-,14-,17-,18+/m1/s1. The highest BCUT2D eigenvalue weighted by atomic mass is 35.5. The molecule has 2 amide bonds. The summed E-state index contributed by atoms with van der Waals surface area (Å²) in [4.78, 5) is 23.7. The highest BCUT2D eigenvalue weighted by molar-refractivity contribution is 6.28. The van der Waals surface area contributed by atoms with E-state index in [1.165, 1.54) is 5.57 Å². The van der Waals surface area contributed by atoms with Gasteiger partial charge in [0.2, 0.25) is 11.8 Å². The van der Waals surface area contributed by atoms with Crippen molar-refractivity contribution < 1.29 is 19.1 Å². The lowest BCUT2D eigenvalue weighted by molar-refractivity contribution is -0.133. The normalized spacial score (nSPS) is 40.1. The summed E-state index contributed by atoms with van der Waals surface area (Å²) in [7, 11) is 0. The van der Waals surface area contributed by atoms with Gasteiger partial charge >= 0.3 is 0 Å². The van der Waals surface area contributed by atoms with Crippen LogP contribution < -0.4 is 5.32 Å². The van der Waals surface area contributed by atoms with Crippen molar-refractivity contribution in [2.45, 2.75) is 63.8 Å². The van der Waals surface area contributed by atoms with Crippen LogP contribution in [0.4, 0.5) is 0 Å². The molecule has 5 atom stereocenters. The van der Waals surface area contributed by atoms with Gasteiger partial charge in [0.1, 0.15) is 5.88 Å². The third-order valence-corrected chi connectivity index (χ3v) is 5.99. The molecule has 3 rings (SSSR count). The van der Waals surface area contributed by atoms with Crippen LogP contribution in [0.1, 0.15) is 46.5 Å². The Bertz CT molecular complexity index is 567. The van der Waals surface area contributed by atoms with Crippen LogP contribution in [0.25, 0.3) is 0 Å². The Balaban J connectivity index is 1.66. The summed E-state index contributed by atoms with van der Waals surface area (Å²) < 4.78 is 11.9. The molecule has 0 radical (unpaired) electrons. The molecule has 1 N–H and O–H groups in total. The van der Waals surface area contributed by atoms with E-state index in [-0.39, 0.29) is 40.9 Å². The maximum Gasteiger partial charge on any atom is 0.241 e. The molecule has 0 aromatic heterocycles. The van der Waals surface area contributed by atoms with Gasteiger partial charge in [0, 0.05) is 11.8 Å². The number of carbonyl (C=O) groups excluding carboxylic acids is 2. The molecular formula is C18H26ClNO4. The van der Waals surface area contributed by atoms with Crippen LogP contribution in [0.2, 0.25) is 0 Å². The van der Waals surface area contributed by atoms with Crippen LogP contribution in [-0.2, 0) is 19.1 Å². The number of rotatable bonds is 5. The van der Waals surface area contributed by atoms with Gasteiger partial charge in [-0.15, -0.1) is 11.6 Å². The van der Waals surface area contributed by atoms with Gasteiger partial charge in [0.15, 0.2) is 0 Å². The van der Waals surface area contributed by atoms with Gasteiger partial charge in [-0.2, -0.15) is 0 Å². The number of allylic oxidation sites excluding steroid dienone is 1. The van der Waals surface area contributed by atoms with Gasteiger partial charge in [0.05, 0.1) is 23.9 Å². The molecule has 1 saturated carbocycles. The fraction of sp³-hybridized carbons (Fsp3) is 0.778. The van der Waals surface area contributed by atoms with Crippen molar-refractivity contribution in [3.8, 4) is 0 Å². The second-order valence-electron chi connectivity index (χ2n) is 7.73. The first-order valence-corrected chi connectivity index (χ1v) is 9.19. The number of hydrogen-bond donors (Lipinski definition) is 1. The molecular weight excluding hydrogens is 330 g/mol. The Hall–Kier alpha value is -0.910. The number of carbonyl (C=O) groups is 2. The van der Waals surface area contributed by atoms with Crippen LogP contribution in [0.5, 0.6) is 0 Å². The summed E-state index contributed by atoms with van der Waals surface area (Å²) in [5.41, 5.74) is 0.922. The van der Waals surface area contributed by atoms with E-state index in [2.05, 4.69) is 32.2 Å². The summed E-state index contributed by atoms with van der Waals surface area (Å²) in [6, 6.07) is 0. The Labute approximate surface area is 148 Å². The molecule has 2 saturated heterocycles. The van der Waals surface area contributed by atoms with E-state index in [0.29, 0.717) is 6.42 Å². The predicted octanol–water partition coefficient (Wildman–Crippen LogP) is 2.57. The lowest BCUT2D eigenvalue weighted by Crippen LogP contribution is -2.46. The first-order chi connectivity index (χ1) is 11.3. The Kier molecular flexibility index (Phi) is 4.80. The number of epoxide rings is 2. The van der Waals surface area contributed by atoms with Crippen LogP contribution >= 0.6 is 11.6 Å². The zero-order valence-corrected chi connectivity index (χ0v) is 15.3. The van der Waals surface area contributed by atoms with Crippen molar-refractivity contribution in [2.75, 3.05) is 12.5 Å². The summed E-state index contributed by atoms with van der Waals surface area (Å²) >= 11 is 5.47. The van der Waals surface area contributed by atoms with E-state index in [1.54, 1.807) is 0 Å². The second kappa shape index (κ2) is 6.43. The van der Waals surface area contributed by atoms with Gasteiger partial charge in [-0.05, 0) is 46.5 Å². The molecule has 134 valence electrons. The van der Waals surface area contributed by atoms with Crippen molar-refractivity contribution in [1.82, 2.24) is 5.32 Å². The Morgan fingerprint density at radius 1 is 1.38 bits per heavy atom. The van der Waals surface area contributed by atoms with Crippen LogP contribution in [0.15, 0.2) is 11.6 Å². The smallest absolute Gasteiger partial charge is 0.241 e. The largest absolute Gasteiger partial charge is 0.369 e. The number of amides is 2. The van der Waals surface area contributed by atoms with E-state index in [9.17, 15) is 9.59 Å². The molecule has 2 heterocycles. The zero-order valence-electron chi connectivity index (χ0n) is 14.6. The molecule has 6 heteroatoms. The van der Waals surface area contributed by atoms with Crippen molar-refractivity contribution >= 4 is 23.4 Å². The number of halogens is 1.